The minimum atomic E-state index is 0. The minimum absolute atomic E-state index is 0. The van der Waals surface area contributed by atoms with Crippen LogP contribution in [0.1, 0.15) is 41.0 Å². The average molecular weight is 439 g/mol. The summed E-state index contributed by atoms with van der Waals surface area (Å²) in [5, 5.41) is 0. The summed E-state index contributed by atoms with van der Waals surface area (Å²) in [6.07, 6.45) is 15.9. The zero-order valence-corrected chi connectivity index (χ0v) is 20.4. The maximum absolute atomic E-state index is 3.49. The fraction of sp³-hybridized carbons (Fsp3) is 0.444. The molecule has 0 saturated carbocycles. The molecular formula is C18H32Cl2SiZr-4. The van der Waals surface area contributed by atoms with Crippen LogP contribution in [0.5, 0.6) is 0 Å². The fourth-order valence-electron chi connectivity index (χ4n) is 1.49. The van der Waals surface area contributed by atoms with Gasteiger partial charge in [0.15, 0.2) is 0 Å². The van der Waals surface area contributed by atoms with Gasteiger partial charge in [0.2, 0.25) is 0 Å². The Hall–Kier alpha value is 0.640. The van der Waals surface area contributed by atoms with Crippen molar-refractivity contribution in [1.82, 2.24) is 0 Å². The molecule has 0 radical (unpaired) electrons. The van der Waals surface area contributed by atoms with Crippen LogP contribution in [0, 0.1) is 38.3 Å². The molecule has 0 nitrogen and oxygen atoms in total. The molecule has 0 aliphatic heterocycles. The van der Waals surface area contributed by atoms with Gasteiger partial charge in [0.25, 0.3) is 0 Å². The molecule has 0 bridgehead atoms. The van der Waals surface area contributed by atoms with E-state index in [1.54, 1.807) is 23.3 Å². The zero-order valence-electron chi connectivity index (χ0n) is 14.9. The van der Waals surface area contributed by atoms with Gasteiger partial charge in [-0.1, -0.05) is 46.5 Å². The van der Waals surface area contributed by atoms with Crippen molar-refractivity contribution in [3.05, 3.63) is 62.0 Å². The Morgan fingerprint density at radius 3 is 1.27 bits per heavy atom. The summed E-state index contributed by atoms with van der Waals surface area (Å²) in [6.45, 7) is 15.9. The van der Waals surface area contributed by atoms with Gasteiger partial charge in [-0.05, 0) is 0 Å². The van der Waals surface area contributed by atoms with Gasteiger partial charge in [-0.25, -0.2) is 23.3 Å². The molecule has 0 aromatic heterocycles. The van der Waals surface area contributed by atoms with E-state index >= 15 is 0 Å². The Balaban J connectivity index is -0.0000000617. The van der Waals surface area contributed by atoms with E-state index in [-0.39, 0.29) is 32.2 Å². The van der Waals surface area contributed by atoms with Crippen LogP contribution >= 0.6 is 24.8 Å². The van der Waals surface area contributed by atoms with Gasteiger partial charge in [-0.2, -0.15) is 18.6 Å². The van der Waals surface area contributed by atoms with Gasteiger partial charge in [-0.3, -0.25) is 12.2 Å². The van der Waals surface area contributed by atoms with Crippen LogP contribution in [0.15, 0.2) is 35.5 Å². The third-order valence-corrected chi connectivity index (χ3v) is 2.18. The second-order valence-corrected chi connectivity index (χ2v) is 4.45. The molecule has 4 heteroatoms. The Morgan fingerprint density at radius 1 is 1.00 bits per heavy atom. The molecular weight excluding hydrogens is 406 g/mol. The number of rotatable bonds is 0. The molecule has 0 aromatic rings. The monoisotopic (exact) mass is 436 g/mol. The zero-order chi connectivity index (χ0) is 15.3. The van der Waals surface area contributed by atoms with Gasteiger partial charge >= 0.3 is 30.2 Å². The van der Waals surface area contributed by atoms with E-state index in [0.29, 0.717) is 11.8 Å². The van der Waals surface area contributed by atoms with Gasteiger partial charge < -0.3 is 14.4 Å². The van der Waals surface area contributed by atoms with E-state index in [4.69, 9.17) is 0 Å². The summed E-state index contributed by atoms with van der Waals surface area (Å²) < 4.78 is 0. The molecule has 0 saturated heterocycles. The normalized spacial score (nSPS) is 19.0. The van der Waals surface area contributed by atoms with Crippen molar-refractivity contribution < 1.29 is 23.3 Å². The molecule has 0 fully saturated rings. The summed E-state index contributed by atoms with van der Waals surface area (Å²) in [5.41, 5.74) is 2.54. The Labute approximate surface area is 169 Å². The molecule has 2 aliphatic rings. The van der Waals surface area contributed by atoms with E-state index < -0.39 is 0 Å². The van der Waals surface area contributed by atoms with Crippen molar-refractivity contribution in [3.8, 4) is 0 Å². The number of allylic oxidation sites excluding steroid dienone is 8. The van der Waals surface area contributed by atoms with Crippen LogP contribution in [0.3, 0.4) is 0 Å². The van der Waals surface area contributed by atoms with Crippen molar-refractivity contribution >= 4 is 31.7 Å². The fourth-order valence-corrected chi connectivity index (χ4v) is 1.49. The van der Waals surface area contributed by atoms with E-state index in [9.17, 15) is 0 Å². The van der Waals surface area contributed by atoms with Gasteiger partial charge in [0.05, 0.1) is 0 Å². The van der Waals surface area contributed by atoms with Crippen molar-refractivity contribution in [1.29, 1.82) is 0 Å². The summed E-state index contributed by atoms with van der Waals surface area (Å²) in [6, 6.07) is 0. The van der Waals surface area contributed by atoms with Gasteiger partial charge in [0.1, 0.15) is 0 Å². The molecule has 130 valence electrons. The standard InChI is InChI=1S/2C7H9.C3H7.CH3.2ClH.H2Si.Zr/c2*1-6-3-4-7(2)5-6;1-3-2;;;;;/h2*3-4,6H,1-2H3;1,3H2,2H3;1H3;2*1H;1H2;/q4*-1;;;;. The average Bonchev–Trinajstić information content (AvgIpc) is 2.92. The molecule has 2 rings (SSSR count). The van der Waals surface area contributed by atoms with Crippen molar-refractivity contribution in [2.45, 2.75) is 41.0 Å². The first-order valence-corrected chi connectivity index (χ1v) is 12.6. The maximum atomic E-state index is 3.49. The van der Waals surface area contributed by atoms with Gasteiger partial charge in [-0.15, -0.1) is 24.8 Å². The first kappa shape index (κ1) is 34.1. The summed E-state index contributed by atoms with van der Waals surface area (Å²) in [7, 11) is 0. The topological polar surface area (TPSA) is 0 Å². The van der Waals surface area contributed by atoms with E-state index in [1.165, 1.54) is 11.1 Å². The molecule has 2 unspecified atom stereocenters. The first-order chi connectivity index (χ1) is 8.99. The van der Waals surface area contributed by atoms with E-state index in [0.717, 1.165) is 6.42 Å². The molecule has 0 aromatic carbocycles. The van der Waals surface area contributed by atoms with Crippen LogP contribution < -0.4 is 0 Å². The summed E-state index contributed by atoms with van der Waals surface area (Å²) in [5.74, 6) is 1.11. The third kappa shape index (κ3) is 22.9. The quantitative estimate of drug-likeness (QED) is 0.347. The molecule has 0 amide bonds. The van der Waals surface area contributed by atoms with Crippen molar-refractivity contribution in [2.75, 3.05) is 0 Å². The van der Waals surface area contributed by atoms with Crippen LogP contribution in [0.4, 0.5) is 0 Å². The van der Waals surface area contributed by atoms with E-state index in [2.05, 4.69) is 71.1 Å². The van der Waals surface area contributed by atoms with Crippen molar-refractivity contribution in [2.24, 2.45) is 11.8 Å². The first-order valence-electron chi connectivity index (χ1n) is 6.70. The summed E-state index contributed by atoms with van der Waals surface area (Å²) in [4.78, 5) is 0. The third-order valence-electron chi connectivity index (χ3n) is 2.18. The second kappa shape index (κ2) is 23.9. The molecule has 22 heavy (non-hydrogen) atoms. The predicted molar refractivity (Wildman–Crippen MR) is 107 cm³/mol. The Kier molecular flexibility index (Phi) is 37.0. The van der Waals surface area contributed by atoms with Crippen LogP contribution in [-0.4, -0.2) is 6.88 Å². The van der Waals surface area contributed by atoms with Crippen LogP contribution in [0.2, 0.25) is 0 Å². The second-order valence-electron chi connectivity index (χ2n) is 4.45. The summed E-state index contributed by atoms with van der Waals surface area (Å²) >= 11 is 1.58. The van der Waals surface area contributed by atoms with E-state index in [1.807, 2.05) is 13.8 Å². The molecule has 0 spiro atoms. The van der Waals surface area contributed by atoms with Crippen LogP contribution in [0.25, 0.3) is 0 Å². The van der Waals surface area contributed by atoms with Crippen molar-refractivity contribution in [3.63, 3.8) is 0 Å². The molecule has 0 N–H and O–H groups in total. The molecule has 2 atom stereocenters. The van der Waals surface area contributed by atoms with Gasteiger partial charge in [0, 0.05) is 0 Å². The number of hydrogen-bond donors (Lipinski definition) is 0. The van der Waals surface area contributed by atoms with Crippen LogP contribution in [-0.2, 0) is 23.3 Å². The number of halogens is 2. The molecule has 2 aliphatic carbocycles. The SMILES string of the molecule is CC1=[C-]C(C)C=C1.CC1=[C-]C(C)C=C1.Cl.Cl.[CH2-]CC.[CH3-].[SiH2]=[Zr]. The molecule has 0 heterocycles. The Morgan fingerprint density at radius 2 is 1.23 bits per heavy atom. The predicted octanol–water partition coefficient (Wildman–Crippen LogP) is 5.49. The Bertz CT molecular complexity index is 315. The number of hydrogen-bond acceptors (Lipinski definition) is 0.